The highest BCUT2D eigenvalue weighted by Crippen LogP contribution is 2.43. The molecule has 0 radical (unpaired) electrons. The highest BCUT2D eigenvalue weighted by molar-refractivity contribution is 6.07. The molecule has 1 aliphatic carbocycles. The molecule has 1 aliphatic heterocycles. The van der Waals surface area contributed by atoms with Crippen molar-refractivity contribution < 1.29 is 19.1 Å². The van der Waals surface area contributed by atoms with Crippen LogP contribution in [0.25, 0.3) is 0 Å². The molecule has 0 atom stereocenters. The van der Waals surface area contributed by atoms with Crippen molar-refractivity contribution in [3.05, 3.63) is 0 Å². The molecule has 94 valence electrons. The van der Waals surface area contributed by atoms with E-state index in [-0.39, 0.29) is 12.5 Å². The summed E-state index contributed by atoms with van der Waals surface area (Å²) in [5, 5.41) is 2.25. The van der Waals surface area contributed by atoms with E-state index in [0.717, 1.165) is 0 Å². The number of amides is 3. The quantitative estimate of drug-likeness (QED) is 0.622. The van der Waals surface area contributed by atoms with Crippen LogP contribution in [0.15, 0.2) is 0 Å². The molecule has 2 fully saturated rings. The number of hydrogen-bond acceptors (Lipinski definition) is 4. The SMILES string of the molecule is CC(C)(C)OC(=O)N1CC(=O)NC(=O)C12CC2. The molecule has 6 heteroatoms. The van der Waals surface area contributed by atoms with E-state index in [4.69, 9.17) is 4.74 Å². The van der Waals surface area contributed by atoms with E-state index in [9.17, 15) is 14.4 Å². The molecule has 0 bridgehead atoms. The number of nitrogens with one attached hydrogen (secondary N) is 1. The molecule has 1 heterocycles. The first kappa shape index (κ1) is 11.9. The highest BCUT2D eigenvalue weighted by Gasteiger charge is 2.60. The normalized spacial score (nSPS) is 22.4. The van der Waals surface area contributed by atoms with E-state index < -0.39 is 23.1 Å². The van der Waals surface area contributed by atoms with Gasteiger partial charge in [0.05, 0.1) is 0 Å². The summed E-state index contributed by atoms with van der Waals surface area (Å²) in [6.07, 6.45) is 0.578. The van der Waals surface area contributed by atoms with Crippen molar-refractivity contribution in [3.63, 3.8) is 0 Å². The Morgan fingerprint density at radius 2 is 1.94 bits per heavy atom. The van der Waals surface area contributed by atoms with E-state index in [2.05, 4.69) is 5.32 Å². The predicted molar refractivity (Wildman–Crippen MR) is 58.1 cm³/mol. The first-order valence-electron chi connectivity index (χ1n) is 5.59. The Bertz CT molecular complexity index is 393. The zero-order chi connectivity index (χ0) is 12.8. The third kappa shape index (κ3) is 2.11. The fourth-order valence-corrected chi connectivity index (χ4v) is 1.87. The van der Waals surface area contributed by atoms with Crippen LogP contribution in [0.1, 0.15) is 33.6 Å². The van der Waals surface area contributed by atoms with Crippen molar-refractivity contribution >= 4 is 17.9 Å². The minimum absolute atomic E-state index is 0.110. The Kier molecular flexibility index (Phi) is 2.41. The lowest BCUT2D eigenvalue weighted by Gasteiger charge is -2.35. The molecule has 6 nitrogen and oxygen atoms in total. The zero-order valence-electron chi connectivity index (χ0n) is 10.2. The van der Waals surface area contributed by atoms with Crippen LogP contribution in [-0.2, 0) is 14.3 Å². The summed E-state index contributed by atoms with van der Waals surface area (Å²) in [5.41, 5.74) is -1.47. The van der Waals surface area contributed by atoms with Gasteiger partial charge in [-0.3, -0.25) is 19.8 Å². The van der Waals surface area contributed by atoms with E-state index in [1.54, 1.807) is 20.8 Å². The van der Waals surface area contributed by atoms with E-state index in [0.29, 0.717) is 12.8 Å². The highest BCUT2D eigenvalue weighted by atomic mass is 16.6. The third-order valence-electron chi connectivity index (χ3n) is 2.83. The van der Waals surface area contributed by atoms with Gasteiger partial charge in [-0.25, -0.2) is 4.79 Å². The maximum absolute atomic E-state index is 11.9. The topological polar surface area (TPSA) is 75.7 Å². The van der Waals surface area contributed by atoms with Crippen molar-refractivity contribution in [1.29, 1.82) is 0 Å². The Hall–Kier alpha value is -1.59. The lowest BCUT2D eigenvalue weighted by atomic mass is 10.1. The van der Waals surface area contributed by atoms with Crippen molar-refractivity contribution in [2.75, 3.05) is 6.54 Å². The predicted octanol–water partition coefficient (Wildman–Crippen LogP) is 0.412. The standard InChI is InChI=1S/C11H16N2O4/c1-10(2,3)17-9(16)13-6-7(14)12-8(15)11(13)4-5-11/h4-6H2,1-3H3,(H,12,14,15). The summed E-state index contributed by atoms with van der Waals surface area (Å²) in [4.78, 5) is 36.2. The monoisotopic (exact) mass is 240 g/mol. The largest absolute Gasteiger partial charge is 0.444 e. The molecular formula is C11H16N2O4. The number of carbonyl (C=O) groups excluding carboxylic acids is 3. The summed E-state index contributed by atoms with van der Waals surface area (Å²) in [6.45, 7) is 5.13. The molecule has 2 rings (SSSR count). The van der Waals surface area contributed by atoms with Crippen LogP contribution in [0.5, 0.6) is 0 Å². The maximum Gasteiger partial charge on any atom is 0.411 e. The summed E-state index contributed by atoms with van der Waals surface area (Å²) in [7, 11) is 0. The molecule has 0 aromatic rings. The van der Waals surface area contributed by atoms with Gasteiger partial charge in [0.1, 0.15) is 17.7 Å². The fraction of sp³-hybridized carbons (Fsp3) is 0.727. The van der Waals surface area contributed by atoms with Gasteiger partial charge in [0.2, 0.25) is 5.91 Å². The number of nitrogens with zero attached hydrogens (tertiary/aromatic N) is 1. The Balaban J connectivity index is 2.16. The smallest absolute Gasteiger partial charge is 0.411 e. The summed E-state index contributed by atoms with van der Waals surface area (Å²) >= 11 is 0. The number of ether oxygens (including phenoxy) is 1. The second-order valence-corrected chi connectivity index (χ2v) is 5.48. The number of rotatable bonds is 0. The van der Waals surface area contributed by atoms with Gasteiger partial charge >= 0.3 is 6.09 Å². The van der Waals surface area contributed by atoms with Gasteiger partial charge in [0.25, 0.3) is 5.91 Å². The number of imide groups is 1. The van der Waals surface area contributed by atoms with Crippen LogP contribution in [0.3, 0.4) is 0 Å². The van der Waals surface area contributed by atoms with Gasteiger partial charge in [0, 0.05) is 0 Å². The van der Waals surface area contributed by atoms with Gasteiger partial charge in [-0.05, 0) is 33.6 Å². The minimum atomic E-state index is -0.837. The molecule has 1 saturated carbocycles. The van der Waals surface area contributed by atoms with E-state index >= 15 is 0 Å². The Labute approximate surface area is 99.3 Å². The summed E-state index contributed by atoms with van der Waals surface area (Å²) in [6, 6.07) is 0. The Morgan fingerprint density at radius 3 is 2.41 bits per heavy atom. The molecule has 1 spiro atoms. The second-order valence-electron chi connectivity index (χ2n) is 5.48. The number of piperazine rings is 1. The first-order chi connectivity index (χ1) is 7.74. The van der Waals surface area contributed by atoms with Crippen molar-refractivity contribution in [3.8, 4) is 0 Å². The van der Waals surface area contributed by atoms with Crippen molar-refractivity contribution in [2.45, 2.75) is 44.8 Å². The van der Waals surface area contributed by atoms with Crippen LogP contribution in [0, 0.1) is 0 Å². The molecule has 1 saturated heterocycles. The van der Waals surface area contributed by atoms with Gasteiger partial charge in [-0.15, -0.1) is 0 Å². The number of carbonyl (C=O) groups is 3. The Morgan fingerprint density at radius 1 is 1.35 bits per heavy atom. The average Bonchev–Trinajstić information content (AvgIpc) is 2.90. The molecular weight excluding hydrogens is 224 g/mol. The minimum Gasteiger partial charge on any atom is -0.444 e. The molecule has 1 N–H and O–H groups in total. The van der Waals surface area contributed by atoms with Crippen LogP contribution >= 0.6 is 0 Å². The molecule has 3 amide bonds. The van der Waals surface area contributed by atoms with Crippen molar-refractivity contribution in [1.82, 2.24) is 10.2 Å². The molecule has 2 aliphatic rings. The molecule has 0 aromatic heterocycles. The van der Waals surface area contributed by atoms with Gasteiger partial charge < -0.3 is 4.74 Å². The van der Waals surface area contributed by atoms with Gasteiger partial charge in [-0.2, -0.15) is 0 Å². The van der Waals surface area contributed by atoms with Crippen LogP contribution < -0.4 is 5.32 Å². The van der Waals surface area contributed by atoms with Gasteiger partial charge in [-0.1, -0.05) is 0 Å². The molecule has 17 heavy (non-hydrogen) atoms. The van der Waals surface area contributed by atoms with Gasteiger partial charge in [0.15, 0.2) is 0 Å². The summed E-state index contributed by atoms with van der Waals surface area (Å²) < 4.78 is 5.20. The lowest BCUT2D eigenvalue weighted by Crippen LogP contribution is -2.62. The molecule has 0 aromatic carbocycles. The van der Waals surface area contributed by atoms with Crippen molar-refractivity contribution in [2.24, 2.45) is 0 Å². The summed E-state index contributed by atoms with van der Waals surface area (Å²) in [5.74, 6) is -0.849. The fourth-order valence-electron chi connectivity index (χ4n) is 1.87. The third-order valence-corrected chi connectivity index (χ3v) is 2.83. The maximum atomic E-state index is 11.9. The second kappa shape index (κ2) is 3.45. The number of hydrogen-bond donors (Lipinski definition) is 1. The zero-order valence-corrected chi connectivity index (χ0v) is 10.2. The van der Waals surface area contributed by atoms with E-state index in [1.165, 1.54) is 4.90 Å². The average molecular weight is 240 g/mol. The lowest BCUT2D eigenvalue weighted by molar-refractivity contribution is -0.141. The first-order valence-corrected chi connectivity index (χ1v) is 5.59. The van der Waals surface area contributed by atoms with Crippen LogP contribution in [-0.4, -0.2) is 40.5 Å². The molecule has 0 unspecified atom stereocenters. The van der Waals surface area contributed by atoms with Crippen LogP contribution in [0.4, 0.5) is 4.79 Å². The van der Waals surface area contributed by atoms with Crippen LogP contribution in [0.2, 0.25) is 0 Å². The van der Waals surface area contributed by atoms with E-state index in [1.807, 2.05) is 0 Å².